The van der Waals surface area contributed by atoms with Crippen molar-refractivity contribution in [1.29, 1.82) is 0 Å². The van der Waals surface area contributed by atoms with Gasteiger partial charge in [0, 0.05) is 165 Å². The summed E-state index contributed by atoms with van der Waals surface area (Å²) in [5.41, 5.74) is 19.4. The maximum absolute atomic E-state index is 13.4. The molecule has 18 rings (SSSR count). The number of aryl methyl sites for hydroxylation is 6. The Balaban J connectivity index is 0.000000133. The van der Waals surface area contributed by atoms with Crippen LogP contribution in [0, 0.1) is 27.7 Å². The lowest BCUT2D eigenvalue weighted by Gasteiger charge is -2.57. The Morgan fingerprint density at radius 3 is 0.931 bits per heavy atom. The zero-order valence-electron chi connectivity index (χ0n) is 77.1. The van der Waals surface area contributed by atoms with Crippen molar-refractivity contribution in [3.8, 4) is 44.5 Å². The number of sulfonamides is 4. The summed E-state index contributed by atoms with van der Waals surface area (Å²) < 4.78 is 125. The van der Waals surface area contributed by atoms with E-state index in [0.717, 1.165) is 88.7 Å². The van der Waals surface area contributed by atoms with Crippen molar-refractivity contribution in [3.05, 3.63) is 264 Å². The zero-order valence-corrected chi connectivity index (χ0v) is 80.3. The second-order valence-electron chi connectivity index (χ2n) is 36.6. The molecule has 8 aliphatic heterocycles. The lowest BCUT2D eigenvalue weighted by atomic mass is 9.74. The zero-order chi connectivity index (χ0) is 91.8. The molecule has 12 atom stereocenters. The topological polar surface area (TPSA) is 257 Å². The summed E-state index contributed by atoms with van der Waals surface area (Å²) in [5, 5.41) is 20.5. The van der Waals surface area contributed by atoms with E-state index in [-0.39, 0.29) is 101 Å². The lowest BCUT2D eigenvalue weighted by molar-refractivity contribution is -0.0635. The van der Waals surface area contributed by atoms with Crippen LogP contribution >= 0.6 is 0 Å². The number of hydrogen-bond donors (Lipinski definition) is 2. The number of rotatable bonds is 22. The van der Waals surface area contributed by atoms with Crippen molar-refractivity contribution in [2.24, 2.45) is 14.1 Å². The molecule has 10 aromatic rings. The third-order valence-corrected chi connectivity index (χ3v) is 35.7. The third-order valence-electron chi connectivity index (χ3n) is 28.5. The van der Waals surface area contributed by atoms with E-state index in [2.05, 4.69) is 245 Å². The highest BCUT2D eigenvalue weighted by Crippen LogP contribution is 2.48. The number of aromatic nitrogens is 4. The van der Waals surface area contributed by atoms with Crippen LogP contribution < -0.4 is 0 Å². The number of imidazole rings is 2. The minimum absolute atomic E-state index is 0.00678. The highest BCUT2D eigenvalue weighted by Gasteiger charge is 2.55. The molecule has 0 radical (unpaired) electrons. The van der Waals surface area contributed by atoms with Crippen molar-refractivity contribution in [3.63, 3.8) is 0 Å². The molecule has 2 aromatic heterocycles. The second kappa shape index (κ2) is 42.4. The fraction of sp³-hybridized carbons (Fsp3) is 0.471. The molecule has 8 fully saturated rings. The van der Waals surface area contributed by atoms with Gasteiger partial charge in [0.2, 0.25) is 20.0 Å². The van der Waals surface area contributed by atoms with Gasteiger partial charge < -0.3 is 28.8 Å². The Kier molecular flexibility index (Phi) is 31.3. The molecule has 8 aromatic carbocycles. The van der Waals surface area contributed by atoms with E-state index in [4.69, 9.17) is 9.47 Å². The average molecular weight is 1850 g/mol. The standard InChI is InChI=1S/C27H34N4O3S.C26H32N4O3S.C25H34N2O3S.C24H32N2O3S/c1-20-7-6-8-23(15-20)21-9-11-22(12-10-21)27-24-16-30(35(32,33)26-17-29(2)19-28-26)13-4-5-14-31(24)25(27)18-34-3;1-19-6-5-7-22(14-19)20-8-10-21(11-9-20)26-23-15-29(12-3-4-13-30(23)24(26)17-31)34(32,33)25-16-28(2)18-27-25;1-4-31(28,29)26-15-7-8-16-27-23(17-26)25(24(27)18-30-3)21-13-11-20(12-14-21)22-10-6-5-9-19(22)2;1-3-30(28,29)25-14-6-7-15-26-22(16-25)24(23(26)17-27)20-12-10-19(11-13-20)21-9-5-4-8-18(21)2/h6-12,15,17,19,24-25,27H,4-5,13-14,16,18H2,1-3H3;5-11,14,16,18,23-24,26,31H,3-4,12-13,15,17H2,1-2H3;5-6,9-14,23-25H,4,7-8,15-18H2,1-3H3;4-5,8-13,22-24,27H,3,6-7,14-17H2,1-2H3/t24-,25-,27-;23-,24-,26-;23-,24+,25-;22-,23+,24-/m0000/s1. The Morgan fingerprint density at radius 2 is 0.638 bits per heavy atom. The minimum Gasteiger partial charge on any atom is -0.395 e. The maximum Gasteiger partial charge on any atom is 0.262 e. The molecule has 0 unspecified atom stereocenters. The molecule has 8 saturated heterocycles. The van der Waals surface area contributed by atoms with E-state index in [1.807, 2.05) is 6.07 Å². The third kappa shape index (κ3) is 20.9. The smallest absolute Gasteiger partial charge is 0.262 e. The van der Waals surface area contributed by atoms with Crippen molar-refractivity contribution in [1.82, 2.24) is 55.9 Å². The number of methoxy groups -OCH3 is 2. The maximum atomic E-state index is 13.4. The summed E-state index contributed by atoms with van der Waals surface area (Å²) in [5.74, 6) is 1.01. The summed E-state index contributed by atoms with van der Waals surface area (Å²) in [6, 6.07) is 69.6. The Morgan fingerprint density at radius 1 is 0.346 bits per heavy atom. The number of benzene rings is 8. The monoisotopic (exact) mass is 1840 g/mol. The largest absolute Gasteiger partial charge is 0.395 e. The molecular formula is C102H132N12O12S4. The molecule has 0 bridgehead atoms. The van der Waals surface area contributed by atoms with Crippen molar-refractivity contribution >= 4 is 40.1 Å². The first-order valence-electron chi connectivity index (χ1n) is 46.5. The van der Waals surface area contributed by atoms with E-state index < -0.39 is 40.1 Å². The van der Waals surface area contributed by atoms with Crippen molar-refractivity contribution in [2.45, 2.75) is 175 Å². The molecule has 28 heteroatoms. The van der Waals surface area contributed by atoms with Crippen LogP contribution in [-0.2, 0) is 63.7 Å². The summed E-state index contributed by atoms with van der Waals surface area (Å²) in [7, 11) is -6.66. The molecule has 0 amide bonds. The quantitative estimate of drug-likeness (QED) is 0.0639. The van der Waals surface area contributed by atoms with Crippen LogP contribution in [0.1, 0.15) is 133 Å². The molecule has 130 heavy (non-hydrogen) atoms. The Bertz CT molecular complexity index is 5930. The van der Waals surface area contributed by atoms with E-state index in [1.54, 1.807) is 87.2 Å². The molecule has 0 spiro atoms. The van der Waals surface area contributed by atoms with Gasteiger partial charge in [-0.2, -0.15) is 8.61 Å². The van der Waals surface area contributed by atoms with E-state index >= 15 is 0 Å². The van der Waals surface area contributed by atoms with Crippen LogP contribution in [0.15, 0.2) is 229 Å². The van der Waals surface area contributed by atoms with Gasteiger partial charge in [0.1, 0.15) is 0 Å². The number of fused-ring (bicyclic) bond motifs is 4. The summed E-state index contributed by atoms with van der Waals surface area (Å²) in [6.07, 6.45) is 13.5. The van der Waals surface area contributed by atoms with E-state index in [0.29, 0.717) is 71.6 Å². The summed E-state index contributed by atoms with van der Waals surface area (Å²) in [4.78, 5) is 17.8. The highest BCUT2D eigenvalue weighted by molar-refractivity contribution is 7.89. The van der Waals surface area contributed by atoms with E-state index in [9.17, 15) is 43.9 Å². The van der Waals surface area contributed by atoms with Gasteiger partial charge in [-0.25, -0.2) is 52.2 Å². The van der Waals surface area contributed by atoms with Gasteiger partial charge in [-0.05, 0) is 197 Å². The number of hydrogen-bond acceptors (Lipinski definition) is 18. The van der Waals surface area contributed by atoms with Gasteiger partial charge in [0.15, 0.2) is 10.1 Å². The highest BCUT2D eigenvalue weighted by atomic mass is 32.2. The number of aliphatic hydroxyl groups excluding tert-OH is 2. The number of aliphatic hydroxyl groups is 2. The van der Waals surface area contributed by atoms with Crippen LogP contribution in [0.25, 0.3) is 44.5 Å². The Hall–Kier alpha value is -8.50. The van der Waals surface area contributed by atoms with Crippen LogP contribution in [-0.4, -0.2) is 279 Å². The van der Waals surface area contributed by atoms with Crippen molar-refractivity contribution < 1.29 is 53.4 Å². The normalized spacial score (nSPS) is 24.7. The van der Waals surface area contributed by atoms with Gasteiger partial charge in [-0.1, -0.05) is 205 Å². The first-order chi connectivity index (χ1) is 62.7. The van der Waals surface area contributed by atoms with Crippen LogP contribution in [0.3, 0.4) is 0 Å². The first-order valence-corrected chi connectivity index (χ1v) is 52.6. The van der Waals surface area contributed by atoms with Crippen LogP contribution in [0.4, 0.5) is 0 Å². The van der Waals surface area contributed by atoms with Gasteiger partial charge >= 0.3 is 0 Å². The predicted molar refractivity (Wildman–Crippen MR) is 515 cm³/mol. The van der Waals surface area contributed by atoms with Gasteiger partial charge in [0.25, 0.3) is 20.0 Å². The fourth-order valence-electron chi connectivity index (χ4n) is 21.6. The molecular weight excluding hydrogens is 1710 g/mol. The average Bonchev–Trinajstić information content (AvgIpc) is 0.957. The van der Waals surface area contributed by atoms with Crippen LogP contribution in [0.5, 0.6) is 0 Å². The molecule has 10 heterocycles. The molecule has 24 nitrogen and oxygen atoms in total. The Labute approximate surface area is 772 Å². The lowest BCUT2D eigenvalue weighted by Crippen LogP contribution is -2.68. The first kappa shape index (κ1) is 96.1. The predicted octanol–water partition coefficient (Wildman–Crippen LogP) is 13.8. The number of nitrogens with zero attached hydrogens (tertiary/aromatic N) is 12. The SMILES string of the molecule is CCS(=O)(=O)N1CCCCN2[C@H](CO)[C@@H](c3ccc(-c4ccccc4C)cc3)[C@@H]2C1.CCS(=O)(=O)N1CCCCN2[C@H](COC)[C@@H](c3ccc(-c4ccccc4C)cc3)[C@@H]2C1.COC[C@H]1[C@@H](c2ccc(-c3cccc(C)c3)cc2)[C@@H]2CN(S(=O)(=O)c3cn(C)cn3)CCCCN12.Cc1cccc(-c2ccc([C@@H]3[C@H](CO)N4CCCCN(S(=O)(=O)c5cn(C)cn5)C[C@@H]34)cc2)c1. The summed E-state index contributed by atoms with van der Waals surface area (Å²) in [6.45, 7) is 21.3. The summed E-state index contributed by atoms with van der Waals surface area (Å²) >= 11 is 0. The second-order valence-corrected chi connectivity index (χ2v) is 44.8. The molecule has 8 aliphatic rings. The van der Waals surface area contributed by atoms with E-state index in [1.165, 1.54) is 84.2 Å². The molecule has 0 saturated carbocycles. The van der Waals surface area contributed by atoms with Crippen molar-refractivity contribution in [2.75, 3.05) is 131 Å². The number of ether oxygens (including phenoxy) is 2. The molecule has 696 valence electrons. The van der Waals surface area contributed by atoms with Gasteiger partial charge in [-0.3, -0.25) is 19.6 Å². The van der Waals surface area contributed by atoms with Crippen LogP contribution in [0.2, 0.25) is 0 Å². The minimum atomic E-state index is -3.67. The molecule has 0 aliphatic carbocycles. The van der Waals surface area contributed by atoms with Gasteiger partial charge in [0.05, 0.1) is 50.6 Å². The molecule has 2 N–H and O–H groups in total. The fourth-order valence-corrected chi connectivity index (χ4v) is 26.8. The van der Waals surface area contributed by atoms with Gasteiger partial charge in [-0.15, -0.1) is 0 Å².